The van der Waals surface area contributed by atoms with Crippen molar-refractivity contribution >= 4 is 11.0 Å². The molecule has 1 aromatic carbocycles. The molecule has 2 heterocycles. The number of nitrogens with zero attached hydrogens (tertiary/aromatic N) is 4. The summed E-state index contributed by atoms with van der Waals surface area (Å²) in [5.41, 5.74) is 2.26. The van der Waals surface area contributed by atoms with Gasteiger partial charge in [0.25, 0.3) is 5.56 Å². The molecule has 100 valence electrons. The minimum Gasteiger partial charge on any atom is -0.294 e. The Kier molecular flexibility index (Phi) is 2.95. The molecule has 3 aromatic rings. The Balaban J connectivity index is 2.18. The first-order chi connectivity index (χ1) is 9.66. The van der Waals surface area contributed by atoms with Gasteiger partial charge < -0.3 is 0 Å². The molecule has 3 rings (SSSR count). The molecule has 0 atom stereocenters. The fourth-order valence-corrected chi connectivity index (χ4v) is 2.11. The molecule has 0 saturated heterocycles. The van der Waals surface area contributed by atoms with E-state index >= 15 is 0 Å². The number of fused-ring (bicyclic) bond motifs is 1. The molecule has 0 aliphatic heterocycles. The lowest BCUT2D eigenvalue weighted by Gasteiger charge is -2.05. The highest BCUT2D eigenvalue weighted by molar-refractivity contribution is 5.74. The lowest BCUT2D eigenvalue weighted by Crippen LogP contribution is -2.20. The van der Waals surface area contributed by atoms with Crippen molar-refractivity contribution in [3.63, 3.8) is 0 Å². The zero-order chi connectivity index (χ0) is 14.1. The van der Waals surface area contributed by atoms with E-state index in [4.69, 9.17) is 0 Å². The van der Waals surface area contributed by atoms with Crippen LogP contribution in [-0.4, -0.2) is 19.3 Å². The first-order valence-electron chi connectivity index (χ1n) is 6.30. The van der Waals surface area contributed by atoms with E-state index in [1.165, 1.54) is 0 Å². The smallest absolute Gasteiger partial charge is 0.264 e. The molecule has 0 fully saturated rings. The lowest BCUT2D eigenvalue weighted by molar-refractivity contribution is 0.736. The topological polar surface area (TPSA) is 52.7 Å². The second kappa shape index (κ2) is 4.77. The van der Waals surface area contributed by atoms with Gasteiger partial charge in [-0.1, -0.05) is 30.4 Å². The Hall–Kier alpha value is -2.69. The van der Waals surface area contributed by atoms with Crippen molar-refractivity contribution in [1.29, 1.82) is 0 Å². The zero-order valence-electron chi connectivity index (χ0n) is 11.2. The monoisotopic (exact) mass is 266 g/mol. The van der Waals surface area contributed by atoms with Crippen molar-refractivity contribution in [2.75, 3.05) is 0 Å². The maximum Gasteiger partial charge on any atom is 0.264 e. The Labute approximate surface area is 115 Å². The summed E-state index contributed by atoms with van der Waals surface area (Å²) in [4.78, 5) is 16.7. The van der Waals surface area contributed by atoms with Gasteiger partial charge in [-0.2, -0.15) is 5.10 Å². The Morgan fingerprint density at radius 2 is 2.05 bits per heavy atom. The van der Waals surface area contributed by atoms with Gasteiger partial charge in [0.05, 0.1) is 11.9 Å². The summed E-state index contributed by atoms with van der Waals surface area (Å²) in [5.74, 6) is 0. The standard InChI is InChI=1S/C15H14N4O/c1-11(2)9-18-10-16-14-13(15(18)20)8-17-19(14)12-6-4-3-5-7-12/h3-8,10H,1,9H2,2H3. The molecule has 5 heteroatoms. The fraction of sp³-hybridized carbons (Fsp3) is 0.133. The van der Waals surface area contributed by atoms with Crippen molar-refractivity contribution in [3.05, 3.63) is 65.4 Å². The van der Waals surface area contributed by atoms with Crippen LogP contribution < -0.4 is 5.56 Å². The van der Waals surface area contributed by atoms with Gasteiger partial charge in [-0.3, -0.25) is 9.36 Å². The molecule has 0 radical (unpaired) electrons. The van der Waals surface area contributed by atoms with Gasteiger partial charge in [-0.25, -0.2) is 9.67 Å². The van der Waals surface area contributed by atoms with Gasteiger partial charge in [-0.15, -0.1) is 0 Å². The Bertz CT molecular complexity index is 830. The average molecular weight is 266 g/mol. The number of aromatic nitrogens is 4. The van der Waals surface area contributed by atoms with Crippen LogP contribution in [0, 0.1) is 0 Å². The van der Waals surface area contributed by atoms with E-state index in [1.807, 2.05) is 37.3 Å². The molecule has 0 bridgehead atoms. The molecule has 0 unspecified atom stereocenters. The predicted molar refractivity (Wildman–Crippen MR) is 77.9 cm³/mol. The number of benzene rings is 1. The first kappa shape index (κ1) is 12.3. The summed E-state index contributed by atoms with van der Waals surface area (Å²) in [7, 11) is 0. The van der Waals surface area contributed by atoms with Gasteiger partial charge in [-0.05, 0) is 19.1 Å². The molecule has 2 aromatic heterocycles. The van der Waals surface area contributed by atoms with E-state index in [1.54, 1.807) is 21.8 Å². The fourth-order valence-electron chi connectivity index (χ4n) is 2.11. The van der Waals surface area contributed by atoms with Crippen LogP contribution >= 0.6 is 0 Å². The normalized spacial score (nSPS) is 10.8. The van der Waals surface area contributed by atoms with Gasteiger partial charge in [0, 0.05) is 6.54 Å². The maximum atomic E-state index is 12.3. The van der Waals surface area contributed by atoms with Crippen molar-refractivity contribution in [2.24, 2.45) is 0 Å². The van der Waals surface area contributed by atoms with Crippen molar-refractivity contribution in [2.45, 2.75) is 13.5 Å². The number of para-hydroxylation sites is 1. The molecule has 0 aliphatic rings. The van der Waals surface area contributed by atoms with Crippen LogP contribution in [0.3, 0.4) is 0 Å². The average Bonchev–Trinajstić information content (AvgIpc) is 2.87. The summed E-state index contributed by atoms with van der Waals surface area (Å²) in [6.07, 6.45) is 3.10. The highest BCUT2D eigenvalue weighted by Gasteiger charge is 2.10. The number of hydrogen-bond donors (Lipinski definition) is 0. The van der Waals surface area contributed by atoms with Crippen LogP contribution in [0.4, 0.5) is 0 Å². The lowest BCUT2D eigenvalue weighted by atomic mass is 10.3. The molecule has 5 nitrogen and oxygen atoms in total. The highest BCUT2D eigenvalue weighted by atomic mass is 16.1. The van der Waals surface area contributed by atoms with Crippen molar-refractivity contribution in [3.8, 4) is 5.69 Å². The molecule has 0 aliphatic carbocycles. The van der Waals surface area contributed by atoms with Gasteiger partial charge in [0.1, 0.15) is 11.7 Å². The van der Waals surface area contributed by atoms with Gasteiger partial charge >= 0.3 is 0 Å². The molecule has 20 heavy (non-hydrogen) atoms. The van der Waals surface area contributed by atoms with E-state index < -0.39 is 0 Å². The van der Waals surface area contributed by atoms with E-state index in [-0.39, 0.29) is 5.56 Å². The van der Waals surface area contributed by atoms with Crippen LogP contribution in [-0.2, 0) is 6.54 Å². The second-order valence-corrected chi connectivity index (χ2v) is 4.76. The molecular weight excluding hydrogens is 252 g/mol. The van der Waals surface area contributed by atoms with E-state index in [0.717, 1.165) is 11.3 Å². The quantitative estimate of drug-likeness (QED) is 0.683. The van der Waals surface area contributed by atoms with Crippen LogP contribution in [0.25, 0.3) is 16.7 Å². The van der Waals surface area contributed by atoms with Crippen molar-refractivity contribution in [1.82, 2.24) is 19.3 Å². The summed E-state index contributed by atoms with van der Waals surface area (Å²) >= 11 is 0. The van der Waals surface area contributed by atoms with E-state index in [0.29, 0.717) is 17.6 Å². The number of hydrogen-bond acceptors (Lipinski definition) is 3. The molecule has 0 spiro atoms. The SMILES string of the molecule is C=C(C)Cn1cnc2c(cnn2-c2ccccc2)c1=O. The summed E-state index contributed by atoms with van der Waals surface area (Å²) < 4.78 is 3.21. The zero-order valence-corrected chi connectivity index (χ0v) is 11.2. The van der Waals surface area contributed by atoms with Crippen LogP contribution in [0.1, 0.15) is 6.92 Å². The maximum absolute atomic E-state index is 12.3. The van der Waals surface area contributed by atoms with Gasteiger partial charge in [0.15, 0.2) is 5.65 Å². The Morgan fingerprint density at radius 3 is 2.75 bits per heavy atom. The number of allylic oxidation sites excluding steroid dienone is 1. The van der Waals surface area contributed by atoms with Crippen LogP contribution in [0.5, 0.6) is 0 Å². The third-order valence-electron chi connectivity index (χ3n) is 3.00. The minimum atomic E-state index is -0.0971. The molecule has 0 N–H and O–H groups in total. The predicted octanol–water partition coefficient (Wildman–Crippen LogP) is 2.16. The van der Waals surface area contributed by atoms with Gasteiger partial charge in [0.2, 0.25) is 0 Å². The minimum absolute atomic E-state index is 0.0971. The first-order valence-corrected chi connectivity index (χ1v) is 6.30. The van der Waals surface area contributed by atoms with Crippen LogP contribution in [0.2, 0.25) is 0 Å². The van der Waals surface area contributed by atoms with E-state index in [9.17, 15) is 4.79 Å². The summed E-state index contributed by atoms with van der Waals surface area (Å²) in [6, 6.07) is 9.62. The Morgan fingerprint density at radius 1 is 1.30 bits per heavy atom. The summed E-state index contributed by atoms with van der Waals surface area (Å²) in [5, 5.41) is 4.78. The van der Waals surface area contributed by atoms with Crippen LogP contribution in [0.15, 0.2) is 59.8 Å². The second-order valence-electron chi connectivity index (χ2n) is 4.76. The summed E-state index contributed by atoms with van der Waals surface area (Å²) in [6.45, 7) is 6.17. The largest absolute Gasteiger partial charge is 0.294 e. The molecule has 0 amide bonds. The highest BCUT2D eigenvalue weighted by Crippen LogP contribution is 2.13. The third kappa shape index (κ3) is 2.03. The van der Waals surface area contributed by atoms with E-state index in [2.05, 4.69) is 16.7 Å². The van der Waals surface area contributed by atoms with Crippen molar-refractivity contribution < 1.29 is 0 Å². The third-order valence-corrected chi connectivity index (χ3v) is 3.00. The molecule has 0 saturated carbocycles. The molecular formula is C15H14N4O. The number of rotatable bonds is 3.